The first kappa shape index (κ1) is 14.3. The zero-order valence-corrected chi connectivity index (χ0v) is 12.0. The molecule has 1 heterocycles. The molecule has 1 saturated heterocycles. The normalized spacial score (nSPS) is 21.2. The molecule has 0 spiro atoms. The van der Waals surface area contributed by atoms with E-state index >= 15 is 0 Å². The van der Waals surface area contributed by atoms with E-state index in [4.69, 9.17) is 15.3 Å². The summed E-state index contributed by atoms with van der Waals surface area (Å²) in [5.41, 5.74) is 6.37. The smallest absolute Gasteiger partial charge is 0.126 e. The number of benzene rings is 1. The van der Waals surface area contributed by atoms with Crippen LogP contribution in [0, 0.1) is 13.8 Å². The SMILES string of the molecule is COc1c(C(NN)C2CCCCO2)ccc(C)c1C. The fourth-order valence-electron chi connectivity index (χ4n) is 2.75. The maximum absolute atomic E-state index is 5.86. The standard InChI is InChI=1S/C15H24N2O2/c1-10-7-8-12(15(18-3)11(10)2)14(17-16)13-6-4-5-9-19-13/h7-8,13-14,17H,4-6,9,16H2,1-3H3. The van der Waals surface area contributed by atoms with E-state index in [0.717, 1.165) is 36.3 Å². The molecule has 2 unspecified atom stereocenters. The summed E-state index contributed by atoms with van der Waals surface area (Å²) < 4.78 is 11.4. The molecule has 0 radical (unpaired) electrons. The van der Waals surface area contributed by atoms with E-state index in [1.54, 1.807) is 7.11 Å². The minimum atomic E-state index is -0.0189. The maximum Gasteiger partial charge on any atom is 0.126 e. The van der Waals surface area contributed by atoms with Crippen LogP contribution in [0.5, 0.6) is 5.75 Å². The summed E-state index contributed by atoms with van der Waals surface area (Å²) in [6.07, 6.45) is 3.48. The predicted octanol–water partition coefficient (Wildman–Crippen LogP) is 2.39. The quantitative estimate of drug-likeness (QED) is 0.647. The molecule has 2 rings (SSSR count). The average molecular weight is 264 g/mol. The van der Waals surface area contributed by atoms with Crippen molar-refractivity contribution in [2.75, 3.05) is 13.7 Å². The van der Waals surface area contributed by atoms with Crippen molar-refractivity contribution in [2.24, 2.45) is 5.84 Å². The van der Waals surface area contributed by atoms with Gasteiger partial charge in [-0.3, -0.25) is 11.3 Å². The van der Waals surface area contributed by atoms with E-state index < -0.39 is 0 Å². The van der Waals surface area contributed by atoms with E-state index in [0.29, 0.717) is 0 Å². The molecular formula is C15H24N2O2. The van der Waals surface area contributed by atoms with Crippen molar-refractivity contribution >= 4 is 0 Å². The van der Waals surface area contributed by atoms with Crippen LogP contribution in [0.4, 0.5) is 0 Å². The number of hydrogen-bond acceptors (Lipinski definition) is 4. The van der Waals surface area contributed by atoms with Gasteiger partial charge in [-0.15, -0.1) is 0 Å². The number of nitrogens with one attached hydrogen (secondary N) is 1. The van der Waals surface area contributed by atoms with Gasteiger partial charge in [0.25, 0.3) is 0 Å². The number of ether oxygens (including phenoxy) is 2. The zero-order valence-electron chi connectivity index (χ0n) is 12.0. The van der Waals surface area contributed by atoms with E-state index in [1.807, 2.05) is 0 Å². The molecule has 4 heteroatoms. The van der Waals surface area contributed by atoms with Crippen LogP contribution >= 0.6 is 0 Å². The lowest BCUT2D eigenvalue weighted by atomic mass is 9.93. The number of rotatable bonds is 4. The third-order valence-electron chi connectivity index (χ3n) is 4.01. The lowest BCUT2D eigenvalue weighted by molar-refractivity contribution is -0.00867. The molecule has 1 fully saturated rings. The van der Waals surface area contributed by atoms with Gasteiger partial charge in [-0.2, -0.15) is 0 Å². The monoisotopic (exact) mass is 264 g/mol. The van der Waals surface area contributed by atoms with E-state index in [-0.39, 0.29) is 12.1 Å². The van der Waals surface area contributed by atoms with Gasteiger partial charge < -0.3 is 9.47 Å². The van der Waals surface area contributed by atoms with Crippen molar-refractivity contribution in [2.45, 2.75) is 45.3 Å². The van der Waals surface area contributed by atoms with Crippen LogP contribution in [-0.2, 0) is 4.74 Å². The lowest BCUT2D eigenvalue weighted by Crippen LogP contribution is -2.39. The van der Waals surface area contributed by atoms with Crippen molar-refractivity contribution in [1.29, 1.82) is 0 Å². The van der Waals surface area contributed by atoms with Gasteiger partial charge >= 0.3 is 0 Å². The van der Waals surface area contributed by atoms with Crippen molar-refractivity contribution in [1.82, 2.24) is 5.43 Å². The minimum absolute atomic E-state index is 0.0189. The summed E-state index contributed by atoms with van der Waals surface area (Å²) >= 11 is 0. The number of hydrazine groups is 1. The van der Waals surface area contributed by atoms with Gasteiger partial charge in [-0.05, 0) is 44.2 Å². The Morgan fingerprint density at radius 3 is 2.74 bits per heavy atom. The fraction of sp³-hybridized carbons (Fsp3) is 0.600. The molecule has 0 amide bonds. The highest BCUT2D eigenvalue weighted by Gasteiger charge is 2.28. The molecule has 1 aliphatic rings. The van der Waals surface area contributed by atoms with Gasteiger partial charge in [0.2, 0.25) is 0 Å². The van der Waals surface area contributed by atoms with Gasteiger partial charge in [0.05, 0.1) is 19.3 Å². The number of nitrogens with two attached hydrogens (primary N) is 1. The zero-order chi connectivity index (χ0) is 13.8. The van der Waals surface area contributed by atoms with Gasteiger partial charge in [-0.1, -0.05) is 12.1 Å². The molecule has 106 valence electrons. The Hall–Kier alpha value is -1.10. The Morgan fingerprint density at radius 1 is 1.37 bits per heavy atom. The maximum atomic E-state index is 5.86. The molecule has 19 heavy (non-hydrogen) atoms. The molecule has 4 nitrogen and oxygen atoms in total. The third kappa shape index (κ3) is 2.91. The molecule has 2 atom stereocenters. The second-order valence-corrected chi connectivity index (χ2v) is 5.18. The second-order valence-electron chi connectivity index (χ2n) is 5.18. The van der Waals surface area contributed by atoms with Crippen molar-refractivity contribution in [3.8, 4) is 5.75 Å². The Balaban J connectivity index is 2.34. The van der Waals surface area contributed by atoms with Crippen molar-refractivity contribution in [3.05, 3.63) is 28.8 Å². The first-order chi connectivity index (χ1) is 9.19. The van der Waals surface area contributed by atoms with Crippen LogP contribution in [0.3, 0.4) is 0 Å². The van der Waals surface area contributed by atoms with E-state index in [9.17, 15) is 0 Å². The Labute approximate surface area is 115 Å². The molecule has 1 aromatic carbocycles. The molecule has 0 aliphatic carbocycles. The molecular weight excluding hydrogens is 240 g/mol. The minimum Gasteiger partial charge on any atom is -0.496 e. The van der Waals surface area contributed by atoms with Crippen LogP contribution < -0.4 is 16.0 Å². The number of methoxy groups -OCH3 is 1. The predicted molar refractivity (Wildman–Crippen MR) is 76.1 cm³/mol. The highest BCUT2D eigenvalue weighted by molar-refractivity contribution is 5.47. The van der Waals surface area contributed by atoms with Gasteiger partial charge in [0.15, 0.2) is 0 Å². The highest BCUT2D eigenvalue weighted by Crippen LogP contribution is 2.35. The van der Waals surface area contributed by atoms with Crippen LogP contribution in [0.25, 0.3) is 0 Å². The van der Waals surface area contributed by atoms with Crippen LogP contribution in [0.1, 0.15) is 42.0 Å². The molecule has 0 aromatic heterocycles. The highest BCUT2D eigenvalue weighted by atomic mass is 16.5. The summed E-state index contributed by atoms with van der Waals surface area (Å²) in [5.74, 6) is 6.68. The topological polar surface area (TPSA) is 56.5 Å². The van der Waals surface area contributed by atoms with E-state index in [1.165, 1.54) is 12.0 Å². The summed E-state index contributed by atoms with van der Waals surface area (Å²) in [6, 6.07) is 4.18. The van der Waals surface area contributed by atoms with Gasteiger partial charge in [-0.25, -0.2) is 0 Å². The van der Waals surface area contributed by atoms with E-state index in [2.05, 4.69) is 31.4 Å². The Bertz CT molecular complexity index is 428. The first-order valence-corrected chi connectivity index (χ1v) is 6.91. The molecule has 0 saturated carbocycles. The van der Waals surface area contributed by atoms with Crippen molar-refractivity contribution in [3.63, 3.8) is 0 Å². The summed E-state index contributed by atoms with van der Waals surface area (Å²) in [5, 5.41) is 0. The summed E-state index contributed by atoms with van der Waals surface area (Å²) in [4.78, 5) is 0. The average Bonchev–Trinajstić information content (AvgIpc) is 2.45. The van der Waals surface area contributed by atoms with Gasteiger partial charge in [0.1, 0.15) is 5.75 Å². The van der Waals surface area contributed by atoms with Crippen LogP contribution in [0.15, 0.2) is 12.1 Å². The summed E-state index contributed by atoms with van der Waals surface area (Å²) in [7, 11) is 1.71. The molecule has 1 aliphatic heterocycles. The Kier molecular flexibility index (Phi) is 4.80. The number of aryl methyl sites for hydroxylation is 1. The molecule has 0 bridgehead atoms. The third-order valence-corrected chi connectivity index (χ3v) is 4.01. The summed E-state index contributed by atoms with van der Waals surface area (Å²) in [6.45, 7) is 4.98. The fourth-order valence-corrected chi connectivity index (χ4v) is 2.75. The second kappa shape index (κ2) is 6.37. The van der Waals surface area contributed by atoms with Gasteiger partial charge in [0, 0.05) is 12.2 Å². The van der Waals surface area contributed by atoms with Crippen molar-refractivity contribution < 1.29 is 9.47 Å². The first-order valence-electron chi connectivity index (χ1n) is 6.91. The van der Waals surface area contributed by atoms with Crippen LogP contribution in [0.2, 0.25) is 0 Å². The van der Waals surface area contributed by atoms with Crippen LogP contribution in [-0.4, -0.2) is 19.8 Å². The largest absolute Gasteiger partial charge is 0.496 e. The number of hydrogen-bond donors (Lipinski definition) is 2. The lowest BCUT2D eigenvalue weighted by Gasteiger charge is -2.31. The molecule has 1 aromatic rings. The Morgan fingerprint density at radius 2 is 2.16 bits per heavy atom. The molecule has 3 N–H and O–H groups in total.